The van der Waals surface area contributed by atoms with Crippen LogP contribution in [0.2, 0.25) is 0 Å². The summed E-state index contributed by atoms with van der Waals surface area (Å²) in [5, 5.41) is 14.6. The highest BCUT2D eigenvalue weighted by Gasteiger charge is 2.14. The number of carbonyl (C=O) groups excluding carboxylic acids is 1. The predicted octanol–water partition coefficient (Wildman–Crippen LogP) is 0.287. The fraction of sp³-hybridized carbons (Fsp3) is 0.417. The monoisotopic (exact) mass is 338 g/mol. The number of nitrogens with one attached hydrogen (secondary N) is 1. The molecule has 1 saturated heterocycles. The summed E-state index contributed by atoms with van der Waals surface area (Å²) >= 11 is 3.12. The molecular formula is C12H14N6O2S2. The van der Waals surface area contributed by atoms with Gasteiger partial charge in [0.2, 0.25) is 11.0 Å². The van der Waals surface area contributed by atoms with Crippen molar-refractivity contribution in [1.29, 1.82) is 0 Å². The van der Waals surface area contributed by atoms with E-state index in [2.05, 4.69) is 25.5 Å². The smallest absolute Gasteiger partial charge is 0.267 e. The van der Waals surface area contributed by atoms with E-state index in [1.54, 1.807) is 6.07 Å². The van der Waals surface area contributed by atoms with Gasteiger partial charge in [-0.3, -0.25) is 14.9 Å². The maximum Gasteiger partial charge on any atom is 0.267 e. The molecule has 10 heteroatoms. The summed E-state index contributed by atoms with van der Waals surface area (Å²) in [6.45, 7) is 1.65. The zero-order valence-corrected chi connectivity index (χ0v) is 13.3. The van der Waals surface area contributed by atoms with E-state index in [1.807, 2.05) is 11.8 Å². The van der Waals surface area contributed by atoms with Gasteiger partial charge in [-0.25, -0.2) is 4.68 Å². The lowest BCUT2D eigenvalue weighted by atomic mass is 10.4. The van der Waals surface area contributed by atoms with Crippen molar-refractivity contribution >= 4 is 40.0 Å². The van der Waals surface area contributed by atoms with Gasteiger partial charge in [-0.05, 0) is 6.07 Å². The number of thioether (sulfide) groups is 1. The fourth-order valence-corrected chi connectivity index (χ4v) is 3.40. The summed E-state index contributed by atoms with van der Waals surface area (Å²) < 4.78 is 1.17. The lowest BCUT2D eigenvalue weighted by Crippen LogP contribution is -2.36. The fourth-order valence-electron chi connectivity index (χ4n) is 2.03. The molecule has 1 amide bonds. The molecule has 0 aliphatic carbocycles. The van der Waals surface area contributed by atoms with Crippen LogP contribution in [0.15, 0.2) is 22.4 Å². The Bertz CT molecular complexity index is 696. The van der Waals surface area contributed by atoms with Gasteiger partial charge in [-0.2, -0.15) is 16.9 Å². The van der Waals surface area contributed by atoms with Crippen LogP contribution in [0.5, 0.6) is 0 Å². The van der Waals surface area contributed by atoms with Crippen LogP contribution in [-0.4, -0.2) is 50.5 Å². The van der Waals surface area contributed by atoms with E-state index in [1.165, 1.54) is 27.6 Å². The van der Waals surface area contributed by atoms with Crippen molar-refractivity contribution in [3.63, 3.8) is 0 Å². The molecule has 0 saturated carbocycles. The quantitative estimate of drug-likeness (QED) is 0.856. The second kappa shape index (κ2) is 6.88. The minimum atomic E-state index is -0.349. The van der Waals surface area contributed by atoms with E-state index in [0.717, 1.165) is 30.4 Å². The number of hydrogen-bond acceptors (Lipinski definition) is 8. The molecule has 1 aliphatic heterocycles. The van der Waals surface area contributed by atoms with Gasteiger partial charge in [0.05, 0.1) is 0 Å². The first-order valence-corrected chi connectivity index (χ1v) is 8.73. The van der Waals surface area contributed by atoms with Crippen molar-refractivity contribution in [3.05, 3.63) is 28.0 Å². The maximum absolute atomic E-state index is 11.9. The summed E-state index contributed by atoms with van der Waals surface area (Å²) in [6, 6.07) is 3.15. The minimum Gasteiger partial charge on any atom is -0.354 e. The number of aromatic nitrogens is 4. The van der Waals surface area contributed by atoms with Crippen LogP contribution in [0.4, 0.5) is 10.9 Å². The molecule has 1 fully saturated rings. The number of carbonyl (C=O) groups is 1. The highest BCUT2D eigenvalue weighted by atomic mass is 32.2. The van der Waals surface area contributed by atoms with Crippen LogP contribution < -0.4 is 15.8 Å². The summed E-state index contributed by atoms with van der Waals surface area (Å²) in [4.78, 5) is 25.9. The molecule has 0 radical (unpaired) electrons. The molecule has 116 valence electrons. The summed E-state index contributed by atoms with van der Waals surface area (Å²) in [6.07, 6.45) is 0. The first kappa shape index (κ1) is 15.0. The summed E-state index contributed by atoms with van der Waals surface area (Å²) in [5.41, 5.74) is 1.22. The van der Waals surface area contributed by atoms with Gasteiger partial charge < -0.3 is 4.90 Å². The van der Waals surface area contributed by atoms with Gasteiger partial charge >= 0.3 is 0 Å². The van der Waals surface area contributed by atoms with E-state index in [4.69, 9.17) is 0 Å². The Hall–Kier alpha value is -1.94. The van der Waals surface area contributed by atoms with Gasteiger partial charge in [-0.1, -0.05) is 11.3 Å². The van der Waals surface area contributed by atoms with Gasteiger partial charge in [0.1, 0.15) is 17.9 Å². The molecule has 8 nitrogen and oxygen atoms in total. The first-order chi connectivity index (χ1) is 10.7. The second-order valence-corrected chi connectivity index (χ2v) is 6.64. The van der Waals surface area contributed by atoms with Crippen LogP contribution in [0.3, 0.4) is 0 Å². The molecule has 1 aliphatic rings. The van der Waals surface area contributed by atoms with Crippen LogP contribution in [0.25, 0.3) is 0 Å². The predicted molar refractivity (Wildman–Crippen MR) is 86.6 cm³/mol. The van der Waals surface area contributed by atoms with Crippen molar-refractivity contribution in [2.24, 2.45) is 0 Å². The molecule has 0 aromatic carbocycles. The summed E-state index contributed by atoms with van der Waals surface area (Å²) in [7, 11) is 0. The molecule has 1 N–H and O–H groups in total. The lowest BCUT2D eigenvalue weighted by Gasteiger charge is -2.27. The van der Waals surface area contributed by atoms with Gasteiger partial charge in [0, 0.05) is 30.7 Å². The zero-order chi connectivity index (χ0) is 15.4. The van der Waals surface area contributed by atoms with E-state index >= 15 is 0 Å². The first-order valence-electron chi connectivity index (χ1n) is 6.69. The van der Waals surface area contributed by atoms with E-state index in [0.29, 0.717) is 5.13 Å². The second-order valence-electron chi connectivity index (χ2n) is 4.58. The number of nitrogens with zero attached hydrogens (tertiary/aromatic N) is 5. The van der Waals surface area contributed by atoms with E-state index in [9.17, 15) is 9.59 Å². The van der Waals surface area contributed by atoms with E-state index in [-0.39, 0.29) is 18.0 Å². The van der Waals surface area contributed by atoms with E-state index < -0.39 is 0 Å². The van der Waals surface area contributed by atoms with Crippen molar-refractivity contribution < 1.29 is 4.79 Å². The Morgan fingerprint density at radius 3 is 2.86 bits per heavy atom. The lowest BCUT2D eigenvalue weighted by molar-refractivity contribution is -0.117. The molecule has 3 rings (SSSR count). The van der Waals surface area contributed by atoms with Crippen molar-refractivity contribution in [3.8, 4) is 0 Å². The molecule has 22 heavy (non-hydrogen) atoms. The molecule has 3 heterocycles. The van der Waals surface area contributed by atoms with Crippen LogP contribution in [0.1, 0.15) is 0 Å². The van der Waals surface area contributed by atoms with Crippen LogP contribution in [0, 0.1) is 0 Å². The third kappa shape index (κ3) is 3.63. The number of rotatable bonds is 4. The molecule has 0 atom stereocenters. The molecule has 2 aromatic rings. The Balaban J connectivity index is 1.72. The average molecular weight is 338 g/mol. The number of hydrogen-bond donors (Lipinski definition) is 1. The molecular weight excluding hydrogens is 324 g/mol. The number of amides is 1. The van der Waals surface area contributed by atoms with Gasteiger partial charge in [0.15, 0.2) is 0 Å². The van der Waals surface area contributed by atoms with Crippen molar-refractivity contribution in [1.82, 2.24) is 20.0 Å². The van der Waals surface area contributed by atoms with Crippen molar-refractivity contribution in [2.45, 2.75) is 6.54 Å². The third-order valence-corrected chi connectivity index (χ3v) is 4.64. The highest BCUT2D eigenvalue weighted by molar-refractivity contribution is 7.99. The van der Waals surface area contributed by atoms with Crippen molar-refractivity contribution in [2.75, 3.05) is 34.8 Å². The Morgan fingerprint density at radius 1 is 1.32 bits per heavy atom. The highest BCUT2D eigenvalue weighted by Crippen LogP contribution is 2.15. The topological polar surface area (TPSA) is 93.0 Å². The van der Waals surface area contributed by atoms with Crippen LogP contribution in [-0.2, 0) is 11.3 Å². The Labute approximate surface area is 134 Å². The van der Waals surface area contributed by atoms with Gasteiger partial charge in [0.25, 0.3) is 5.56 Å². The van der Waals surface area contributed by atoms with Gasteiger partial charge in [-0.15, -0.1) is 10.2 Å². The SMILES string of the molecule is O=C(Cn1nc(N2CCSCC2)ccc1=O)Nc1nncs1. The summed E-state index contributed by atoms with van der Waals surface area (Å²) in [5.74, 6) is 2.46. The number of anilines is 2. The molecule has 0 unspecified atom stereocenters. The standard InChI is InChI=1S/C12H14N6O2S2/c19-10(14-12-15-13-8-22-12)7-18-11(20)2-1-9(16-18)17-3-5-21-6-4-17/h1-2,8H,3-7H2,(H,14,15,19). The Morgan fingerprint density at radius 2 is 2.14 bits per heavy atom. The molecule has 2 aromatic heterocycles. The maximum atomic E-state index is 11.9. The average Bonchev–Trinajstić information content (AvgIpc) is 3.03. The Kier molecular flexibility index (Phi) is 4.68. The van der Waals surface area contributed by atoms with Crippen LogP contribution >= 0.6 is 23.1 Å². The third-order valence-electron chi connectivity index (χ3n) is 3.09. The molecule has 0 spiro atoms. The molecule has 0 bridgehead atoms. The normalized spacial score (nSPS) is 14.8. The minimum absolute atomic E-state index is 0.144. The zero-order valence-electron chi connectivity index (χ0n) is 11.6. The largest absolute Gasteiger partial charge is 0.354 e.